The molecule has 1 amide bonds. The number of hydrogen-bond acceptors (Lipinski definition) is 3. The van der Waals surface area contributed by atoms with Gasteiger partial charge in [-0.1, -0.05) is 11.6 Å². The molecule has 1 aromatic carbocycles. The van der Waals surface area contributed by atoms with Gasteiger partial charge in [0.2, 0.25) is 5.91 Å². The molecule has 1 saturated heterocycles. The van der Waals surface area contributed by atoms with Crippen LogP contribution in [0.25, 0.3) is 0 Å². The first kappa shape index (κ1) is 10.9. The van der Waals surface area contributed by atoms with Gasteiger partial charge in [-0.05, 0) is 18.2 Å². The van der Waals surface area contributed by atoms with E-state index in [4.69, 9.17) is 16.3 Å². The molecule has 2 heterocycles. The van der Waals surface area contributed by atoms with Crippen molar-refractivity contribution < 1.29 is 9.53 Å². The van der Waals surface area contributed by atoms with Crippen LogP contribution in [0.5, 0.6) is 0 Å². The molecule has 2 aliphatic rings. The van der Waals surface area contributed by atoms with E-state index in [0.717, 1.165) is 11.4 Å². The summed E-state index contributed by atoms with van der Waals surface area (Å²) in [6, 6.07) is 5.47. The lowest BCUT2D eigenvalue weighted by Gasteiger charge is -2.41. The van der Waals surface area contributed by atoms with Gasteiger partial charge in [-0.3, -0.25) is 4.79 Å². The quantitative estimate of drug-likeness (QED) is 0.745. The lowest BCUT2D eigenvalue weighted by molar-refractivity contribution is -0.123. The molecule has 17 heavy (non-hydrogen) atoms. The van der Waals surface area contributed by atoms with Crippen molar-refractivity contribution in [3.8, 4) is 0 Å². The molecule has 0 aliphatic carbocycles. The molecule has 2 aliphatic heterocycles. The molecule has 4 nitrogen and oxygen atoms in total. The van der Waals surface area contributed by atoms with Crippen LogP contribution in [0, 0.1) is 0 Å². The molecule has 1 fully saturated rings. The van der Waals surface area contributed by atoms with Crippen molar-refractivity contribution in [1.82, 2.24) is 0 Å². The summed E-state index contributed by atoms with van der Waals surface area (Å²) in [5, 5.41) is 6.88. The number of ether oxygens (including phenoxy) is 1. The smallest absolute Gasteiger partial charge is 0.250 e. The summed E-state index contributed by atoms with van der Waals surface area (Å²) in [5.41, 5.74) is 1.16. The minimum atomic E-state index is -0.515. The van der Waals surface area contributed by atoms with Crippen molar-refractivity contribution in [2.45, 2.75) is 18.4 Å². The Labute approximate surface area is 104 Å². The second-order valence-electron chi connectivity index (χ2n) is 4.46. The van der Waals surface area contributed by atoms with E-state index in [2.05, 4.69) is 10.6 Å². The number of nitrogens with one attached hydrogen (secondary N) is 2. The van der Waals surface area contributed by atoms with Gasteiger partial charge in [-0.25, -0.2) is 0 Å². The van der Waals surface area contributed by atoms with Crippen LogP contribution < -0.4 is 10.6 Å². The maximum atomic E-state index is 12.2. The van der Waals surface area contributed by atoms with Gasteiger partial charge in [-0.15, -0.1) is 0 Å². The van der Waals surface area contributed by atoms with E-state index in [1.54, 1.807) is 6.07 Å². The minimum Gasteiger partial charge on any atom is -0.381 e. The highest BCUT2D eigenvalue weighted by Gasteiger charge is 2.43. The first-order chi connectivity index (χ1) is 8.20. The number of halogens is 1. The molecule has 0 atom stereocenters. The van der Waals surface area contributed by atoms with Gasteiger partial charge in [0.05, 0.1) is 11.4 Å². The van der Waals surface area contributed by atoms with E-state index >= 15 is 0 Å². The van der Waals surface area contributed by atoms with Crippen molar-refractivity contribution in [3.63, 3.8) is 0 Å². The van der Waals surface area contributed by atoms with Crippen LogP contribution in [0.2, 0.25) is 5.02 Å². The molecule has 0 bridgehead atoms. The van der Waals surface area contributed by atoms with E-state index in [0.29, 0.717) is 31.1 Å². The van der Waals surface area contributed by atoms with E-state index in [-0.39, 0.29) is 5.91 Å². The summed E-state index contributed by atoms with van der Waals surface area (Å²) in [6.45, 7) is 1.23. The second kappa shape index (κ2) is 3.89. The largest absolute Gasteiger partial charge is 0.381 e. The summed E-state index contributed by atoms with van der Waals surface area (Å²) in [7, 11) is 0. The first-order valence-corrected chi connectivity index (χ1v) is 6.04. The van der Waals surface area contributed by atoms with Gasteiger partial charge in [0.25, 0.3) is 0 Å². The number of carbonyl (C=O) groups excluding carboxylic acids is 1. The number of rotatable bonds is 0. The Bertz CT molecular complexity index is 470. The fourth-order valence-electron chi connectivity index (χ4n) is 2.36. The van der Waals surface area contributed by atoms with Gasteiger partial charge in [0.15, 0.2) is 0 Å². The fourth-order valence-corrected chi connectivity index (χ4v) is 2.53. The normalized spacial score (nSPS) is 21.6. The van der Waals surface area contributed by atoms with Crippen LogP contribution in [0.15, 0.2) is 18.2 Å². The number of anilines is 2. The third kappa shape index (κ3) is 1.77. The zero-order valence-electron chi connectivity index (χ0n) is 9.25. The van der Waals surface area contributed by atoms with E-state index in [1.807, 2.05) is 12.1 Å². The number of amides is 1. The van der Waals surface area contributed by atoms with Crippen LogP contribution >= 0.6 is 11.6 Å². The second-order valence-corrected chi connectivity index (χ2v) is 4.90. The van der Waals surface area contributed by atoms with Gasteiger partial charge in [0, 0.05) is 31.1 Å². The third-order valence-electron chi connectivity index (χ3n) is 3.38. The molecule has 2 N–H and O–H groups in total. The SMILES string of the molecule is O=C1Nc2cc(Cl)ccc2NC12CCOCC2. The van der Waals surface area contributed by atoms with Crippen molar-refractivity contribution >= 4 is 28.9 Å². The predicted molar refractivity (Wildman–Crippen MR) is 66.5 cm³/mol. The van der Waals surface area contributed by atoms with Crippen molar-refractivity contribution in [3.05, 3.63) is 23.2 Å². The molecule has 0 unspecified atom stereocenters. The zero-order chi connectivity index (χ0) is 11.9. The van der Waals surface area contributed by atoms with Crippen LogP contribution in [-0.2, 0) is 9.53 Å². The fraction of sp³-hybridized carbons (Fsp3) is 0.417. The number of benzene rings is 1. The minimum absolute atomic E-state index is 0.00978. The number of carbonyl (C=O) groups is 1. The molecular formula is C12H13ClN2O2. The number of fused-ring (bicyclic) bond motifs is 1. The zero-order valence-corrected chi connectivity index (χ0v) is 10.0. The van der Waals surface area contributed by atoms with Crippen molar-refractivity contribution in [1.29, 1.82) is 0 Å². The van der Waals surface area contributed by atoms with Gasteiger partial charge >= 0.3 is 0 Å². The first-order valence-electron chi connectivity index (χ1n) is 5.67. The Morgan fingerprint density at radius 2 is 2.00 bits per heavy atom. The lowest BCUT2D eigenvalue weighted by Crippen LogP contribution is -2.55. The standard InChI is InChI=1S/C12H13ClN2O2/c13-8-1-2-9-10(7-8)14-11(16)12(15-9)3-5-17-6-4-12/h1-2,7,15H,3-6H2,(H,14,16). The van der Waals surface area contributed by atoms with Crippen LogP contribution in [0.4, 0.5) is 11.4 Å². The Morgan fingerprint density at radius 3 is 2.76 bits per heavy atom. The average molecular weight is 253 g/mol. The van der Waals surface area contributed by atoms with Gasteiger partial charge < -0.3 is 15.4 Å². The summed E-state index contributed by atoms with van der Waals surface area (Å²) < 4.78 is 5.31. The van der Waals surface area contributed by atoms with E-state index in [1.165, 1.54) is 0 Å². The van der Waals surface area contributed by atoms with Crippen molar-refractivity contribution in [2.75, 3.05) is 23.8 Å². The lowest BCUT2D eigenvalue weighted by atomic mass is 9.86. The Kier molecular flexibility index (Phi) is 2.49. The molecule has 5 heteroatoms. The van der Waals surface area contributed by atoms with Gasteiger partial charge in [-0.2, -0.15) is 0 Å². The summed E-state index contributed by atoms with van der Waals surface area (Å²) in [5.74, 6) is 0.00978. The predicted octanol–water partition coefficient (Wildman–Crippen LogP) is 2.25. The molecule has 0 radical (unpaired) electrons. The van der Waals surface area contributed by atoms with E-state index < -0.39 is 5.54 Å². The van der Waals surface area contributed by atoms with Gasteiger partial charge in [0.1, 0.15) is 5.54 Å². The Morgan fingerprint density at radius 1 is 1.24 bits per heavy atom. The van der Waals surface area contributed by atoms with Crippen LogP contribution in [0.1, 0.15) is 12.8 Å². The third-order valence-corrected chi connectivity index (χ3v) is 3.62. The monoisotopic (exact) mass is 252 g/mol. The summed E-state index contributed by atoms with van der Waals surface area (Å²) in [6.07, 6.45) is 1.39. The Hall–Kier alpha value is -1.26. The molecule has 1 spiro atoms. The molecule has 0 saturated carbocycles. The molecule has 90 valence electrons. The van der Waals surface area contributed by atoms with Crippen LogP contribution in [0.3, 0.4) is 0 Å². The highest BCUT2D eigenvalue weighted by atomic mass is 35.5. The molecule has 0 aromatic heterocycles. The van der Waals surface area contributed by atoms with E-state index in [9.17, 15) is 4.79 Å². The number of hydrogen-bond donors (Lipinski definition) is 2. The molecule has 1 aromatic rings. The van der Waals surface area contributed by atoms with Crippen molar-refractivity contribution in [2.24, 2.45) is 0 Å². The van der Waals surface area contributed by atoms with Crippen LogP contribution in [-0.4, -0.2) is 24.7 Å². The topological polar surface area (TPSA) is 50.4 Å². The maximum absolute atomic E-state index is 12.2. The molecule has 3 rings (SSSR count). The highest BCUT2D eigenvalue weighted by molar-refractivity contribution is 6.31. The summed E-state index contributed by atoms with van der Waals surface area (Å²) >= 11 is 5.90. The summed E-state index contributed by atoms with van der Waals surface area (Å²) in [4.78, 5) is 12.2. The molecular weight excluding hydrogens is 240 g/mol. The average Bonchev–Trinajstić information content (AvgIpc) is 2.33. The Balaban J connectivity index is 1.97. The maximum Gasteiger partial charge on any atom is 0.250 e. The highest BCUT2D eigenvalue weighted by Crippen LogP contribution is 2.37.